The van der Waals surface area contributed by atoms with Gasteiger partial charge in [-0.2, -0.15) is 0 Å². The van der Waals surface area contributed by atoms with Crippen LogP contribution in [0.5, 0.6) is 0 Å². The molecule has 2 N–H and O–H groups in total. The monoisotopic (exact) mass is 251 g/mol. The fraction of sp³-hybridized carbons (Fsp3) is 0.714. The first-order valence-electron chi connectivity index (χ1n) is 6.81. The summed E-state index contributed by atoms with van der Waals surface area (Å²) in [6.45, 7) is 9.20. The third-order valence-electron chi connectivity index (χ3n) is 3.83. The minimum absolute atomic E-state index is 0.563. The highest BCUT2D eigenvalue weighted by molar-refractivity contribution is 5.20. The Balaban J connectivity index is 2.02. The molecule has 0 aliphatic carbocycles. The van der Waals surface area contributed by atoms with Crippen molar-refractivity contribution in [3.05, 3.63) is 23.2 Å². The largest absolute Gasteiger partial charge is 0.465 e. The minimum Gasteiger partial charge on any atom is -0.465 e. The van der Waals surface area contributed by atoms with Gasteiger partial charge < -0.3 is 15.1 Å². The van der Waals surface area contributed by atoms with E-state index >= 15 is 0 Å². The molecular weight excluding hydrogens is 226 g/mol. The summed E-state index contributed by atoms with van der Waals surface area (Å²) in [5.74, 6) is 2.01. The smallest absolute Gasteiger partial charge is 0.118 e. The van der Waals surface area contributed by atoms with Crippen LogP contribution in [-0.4, -0.2) is 42.5 Å². The Bertz CT molecular complexity index is 388. The molecule has 1 aromatic heterocycles. The minimum atomic E-state index is 0.563. The molecule has 4 nitrogen and oxygen atoms in total. The van der Waals surface area contributed by atoms with Gasteiger partial charge in [0.15, 0.2) is 0 Å². The number of furan rings is 1. The average molecular weight is 251 g/mol. The molecule has 0 saturated carbocycles. The zero-order chi connectivity index (χ0) is 13.1. The molecule has 1 atom stereocenters. The van der Waals surface area contributed by atoms with Gasteiger partial charge in [-0.1, -0.05) is 0 Å². The normalized spacial score (nSPS) is 23.2. The van der Waals surface area contributed by atoms with Crippen LogP contribution in [0.25, 0.3) is 0 Å². The predicted molar refractivity (Wildman–Crippen MR) is 73.3 cm³/mol. The van der Waals surface area contributed by atoms with Gasteiger partial charge in [-0.3, -0.25) is 4.90 Å². The SMILES string of the molecule is Cc1oc(CN2CCCN(C)CC2C)cc1CN. The number of hydrogen-bond acceptors (Lipinski definition) is 4. The van der Waals surface area contributed by atoms with Gasteiger partial charge in [0.25, 0.3) is 0 Å². The second-order valence-corrected chi connectivity index (χ2v) is 5.43. The van der Waals surface area contributed by atoms with Crippen LogP contribution >= 0.6 is 0 Å². The molecular formula is C14H25N3O. The van der Waals surface area contributed by atoms with E-state index < -0.39 is 0 Å². The molecule has 2 rings (SSSR count). The van der Waals surface area contributed by atoms with Gasteiger partial charge >= 0.3 is 0 Å². The van der Waals surface area contributed by atoms with Crippen molar-refractivity contribution >= 4 is 0 Å². The molecule has 0 aromatic carbocycles. The fourth-order valence-corrected chi connectivity index (χ4v) is 2.73. The quantitative estimate of drug-likeness (QED) is 0.886. The molecule has 1 aliphatic heterocycles. The van der Waals surface area contributed by atoms with Gasteiger partial charge in [-0.15, -0.1) is 0 Å². The molecule has 0 spiro atoms. The summed E-state index contributed by atoms with van der Waals surface area (Å²) in [7, 11) is 2.20. The van der Waals surface area contributed by atoms with E-state index in [0.29, 0.717) is 12.6 Å². The van der Waals surface area contributed by atoms with Gasteiger partial charge in [-0.05, 0) is 39.9 Å². The summed E-state index contributed by atoms with van der Waals surface area (Å²) in [5, 5.41) is 0. The van der Waals surface area contributed by atoms with Gasteiger partial charge in [0.1, 0.15) is 11.5 Å². The van der Waals surface area contributed by atoms with Crippen LogP contribution in [0.4, 0.5) is 0 Å². The molecule has 18 heavy (non-hydrogen) atoms. The first kappa shape index (κ1) is 13.6. The van der Waals surface area contributed by atoms with E-state index in [0.717, 1.165) is 36.7 Å². The molecule has 4 heteroatoms. The van der Waals surface area contributed by atoms with Crippen molar-refractivity contribution in [3.63, 3.8) is 0 Å². The van der Waals surface area contributed by atoms with Crippen molar-refractivity contribution in [2.45, 2.75) is 39.4 Å². The van der Waals surface area contributed by atoms with E-state index in [1.165, 1.54) is 13.0 Å². The number of nitrogens with zero attached hydrogens (tertiary/aromatic N) is 2. The topological polar surface area (TPSA) is 45.6 Å². The summed E-state index contributed by atoms with van der Waals surface area (Å²) in [6.07, 6.45) is 1.23. The average Bonchev–Trinajstić information content (AvgIpc) is 2.59. The number of nitrogens with two attached hydrogens (primary N) is 1. The molecule has 1 aromatic rings. The maximum absolute atomic E-state index is 5.79. The van der Waals surface area contributed by atoms with Gasteiger partial charge in [0, 0.05) is 31.2 Å². The second kappa shape index (κ2) is 5.87. The first-order chi connectivity index (χ1) is 8.60. The molecule has 0 amide bonds. The molecule has 0 bridgehead atoms. The van der Waals surface area contributed by atoms with Crippen molar-refractivity contribution in [2.24, 2.45) is 5.73 Å². The van der Waals surface area contributed by atoms with Gasteiger partial charge in [0.05, 0.1) is 6.54 Å². The lowest BCUT2D eigenvalue weighted by Gasteiger charge is -2.26. The van der Waals surface area contributed by atoms with E-state index in [-0.39, 0.29) is 0 Å². The van der Waals surface area contributed by atoms with Crippen LogP contribution in [0.3, 0.4) is 0 Å². The van der Waals surface area contributed by atoms with E-state index in [2.05, 4.69) is 29.8 Å². The highest BCUT2D eigenvalue weighted by Gasteiger charge is 2.21. The van der Waals surface area contributed by atoms with Crippen molar-refractivity contribution < 1.29 is 4.42 Å². The number of hydrogen-bond donors (Lipinski definition) is 1. The Morgan fingerprint density at radius 3 is 2.89 bits per heavy atom. The maximum Gasteiger partial charge on any atom is 0.118 e. The molecule has 1 saturated heterocycles. The van der Waals surface area contributed by atoms with Crippen LogP contribution in [0.1, 0.15) is 30.4 Å². The summed E-state index contributed by atoms with van der Waals surface area (Å²) < 4.78 is 5.79. The van der Waals surface area contributed by atoms with Crippen molar-refractivity contribution in [1.82, 2.24) is 9.80 Å². The third kappa shape index (κ3) is 3.13. The van der Waals surface area contributed by atoms with E-state index in [4.69, 9.17) is 10.2 Å². The summed E-state index contributed by atoms with van der Waals surface area (Å²) in [6, 6.07) is 2.68. The Morgan fingerprint density at radius 1 is 1.44 bits per heavy atom. The Labute approximate surface area is 110 Å². The van der Waals surface area contributed by atoms with Crippen LogP contribution in [0.2, 0.25) is 0 Å². The van der Waals surface area contributed by atoms with Crippen molar-refractivity contribution in [3.8, 4) is 0 Å². The lowest BCUT2D eigenvalue weighted by Crippen LogP contribution is -2.37. The first-order valence-corrected chi connectivity index (χ1v) is 6.81. The van der Waals surface area contributed by atoms with E-state index in [1.54, 1.807) is 0 Å². The standard InChI is InChI=1S/C14H25N3O/c1-11-9-16(3)5-4-6-17(11)10-14-7-13(8-15)12(2)18-14/h7,11H,4-6,8-10,15H2,1-3H3. The Hall–Kier alpha value is -0.840. The second-order valence-electron chi connectivity index (χ2n) is 5.43. The summed E-state index contributed by atoms with van der Waals surface area (Å²) in [5.41, 5.74) is 6.82. The number of likely N-dealkylation sites (N-methyl/N-ethyl adjacent to an activating group) is 1. The van der Waals surface area contributed by atoms with Gasteiger partial charge in [-0.25, -0.2) is 0 Å². The summed E-state index contributed by atoms with van der Waals surface area (Å²) >= 11 is 0. The zero-order valence-corrected chi connectivity index (χ0v) is 11.8. The van der Waals surface area contributed by atoms with Crippen molar-refractivity contribution in [1.29, 1.82) is 0 Å². The van der Waals surface area contributed by atoms with E-state index in [9.17, 15) is 0 Å². The van der Waals surface area contributed by atoms with E-state index in [1.807, 2.05) is 6.92 Å². The lowest BCUT2D eigenvalue weighted by atomic mass is 10.2. The van der Waals surface area contributed by atoms with Crippen LogP contribution in [0, 0.1) is 6.92 Å². The van der Waals surface area contributed by atoms with Crippen LogP contribution < -0.4 is 5.73 Å². The number of rotatable bonds is 3. The molecule has 102 valence electrons. The molecule has 2 heterocycles. The maximum atomic E-state index is 5.79. The Kier molecular flexibility index (Phi) is 4.43. The van der Waals surface area contributed by atoms with Crippen LogP contribution in [-0.2, 0) is 13.1 Å². The molecule has 1 unspecified atom stereocenters. The molecule has 1 aliphatic rings. The number of aryl methyl sites for hydroxylation is 1. The predicted octanol–water partition coefficient (Wildman–Crippen LogP) is 1.57. The van der Waals surface area contributed by atoms with Crippen molar-refractivity contribution in [2.75, 3.05) is 26.7 Å². The van der Waals surface area contributed by atoms with Gasteiger partial charge in [0.2, 0.25) is 0 Å². The zero-order valence-electron chi connectivity index (χ0n) is 11.8. The third-order valence-corrected chi connectivity index (χ3v) is 3.83. The summed E-state index contributed by atoms with van der Waals surface area (Å²) in [4.78, 5) is 4.91. The highest BCUT2D eigenvalue weighted by atomic mass is 16.3. The van der Waals surface area contributed by atoms with Crippen LogP contribution in [0.15, 0.2) is 10.5 Å². The molecule has 1 fully saturated rings. The highest BCUT2D eigenvalue weighted by Crippen LogP contribution is 2.18. The molecule has 0 radical (unpaired) electrons. The Morgan fingerprint density at radius 2 is 2.22 bits per heavy atom. The fourth-order valence-electron chi connectivity index (χ4n) is 2.73. The lowest BCUT2D eigenvalue weighted by molar-refractivity contribution is 0.181.